The third kappa shape index (κ3) is 9.43. The van der Waals surface area contributed by atoms with Crippen LogP contribution < -0.4 is 0 Å². The standard InChI is InChI=1S/2C12H22O2/c2*1-9(2)12(13)14-10(3)11-7-5-4-6-8-11/h2*9-11H,4-8H2,1-3H3/t2*10-/m00/s1. The summed E-state index contributed by atoms with van der Waals surface area (Å²) in [5.41, 5.74) is 0. The van der Waals surface area contributed by atoms with Crippen molar-refractivity contribution in [1.29, 1.82) is 0 Å². The van der Waals surface area contributed by atoms with E-state index in [1.807, 2.05) is 41.5 Å². The second-order valence-corrected chi connectivity index (χ2v) is 9.39. The summed E-state index contributed by atoms with van der Waals surface area (Å²) in [6.07, 6.45) is 13.0. The van der Waals surface area contributed by atoms with Crippen molar-refractivity contribution >= 4 is 11.9 Å². The first-order valence-electron chi connectivity index (χ1n) is 11.6. The molecule has 0 aromatic heterocycles. The predicted molar refractivity (Wildman–Crippen MR) is 114 cm³/mol. The van der Waals surface area contributed by atoms with Gasteiger partial charge in [0.2, 0.25) is 0 Å². The number of hydrogen-bond donors (Lipinski definition) is 0. The lowest BCUT2D eigenvalue weighted by molar-refractivity contribution is -0.156. The van der Waals surface area contributed by atoms with Crippen molar-refractivity contribution in [3.05, 3.63) is 0 Å². The van der Waals surface area contributed by atoms with E-state index in [2.05, 4.69) is 0 Å². The molecule has 0 N–H and O–H groups in total. The van der Waals surface area contributed by atoms with Gasteiger partial charge in [-0.15, -0.1) is 0 Å². The quantitative estimate of drug-likeness (QED) is 0.494. The summed E-state index contributed by atoms with van der Waals surface area (Å²) in [6.45, 7) is 11.6. The number of carbonyl (C=O) groups excluding carboxylic acids is 2. The van der Waals surface area contributed by atoms with Gasteiger partial charge >= 0.3 is 11.9 Å². The van der Waals surface area contributed by atoms with Crippen molar-refractivity contribution in [2.75, 3.05) is 0 Å². The first-order chi connectivity index (χ1) is 13.2. The zero-order valence-electron chi connectivity index (χ0n) is 19.2. The highest BCUT2D eigenvalue weighted by molar-refractivity contribution is 5.72. The SMILES string of the molecule is CC(C)C(=O)O[C@@H](C)C1CCCCC1.CC(C)C(=O)O[C@@H](C)C1CCCCC1. The average Bonchev–Trinajstić information content (AvgIpc) is 2.69. The fourth-order valence-electron chi connectivity index (χ4n) is 4.04. The zero-order chi connectivity index (χ0) is 21.1. The van der Waals surface area contributed by atoms with Crippen LogP contribution in [0, 0.1) is 23.7 Å². The Hall–Kier alpha value is -1.06. The monoisotopic (exact) mass is 396 g/mol. The predicted octanol–water partition coefficient (Wildman–Crippen LogP) is 6.31. The van der Waals surface area contributed by atoms with Crippen LogP contribution in [0.1, 0.15) is 106 Å². The molecule has 0 spiro atoms. The molecule has 0 unspecified atom stereocenters. The van der Waals surface area contributed by atoms with Gasteiger partial charge in [0.1, 0.15) is 12.2 Å². The van der Waals surface area contributed by atoms with E-state index in [0.717, 1.165) is 0 Å². The Morgan fingerprint density at radius 3 is 1.11 bits per heavy atom. The number of rotatable bonds is 6. The highest BCUT2D eigenvalue weighted by Gasteiger charge is 2.24. The molecule has 28 heavy (non-hydrogen) atoms. The molecule has 2 saturated carbocycles. The largest absolute Gasteiger partial charge is 0.462 e. The summed E-state index contributed by atoms with van der Waals surface area (Å²) in [6, 6.07) is 0. The van der Waals surface area contributed by atoms with Gasteiger partial charge in [0.15, 0.2) is 0 Å². The summed E-state index contributed by atoms with van der Waals surface area (Å²) in [5, 5.41) is 0. The second kappa shape index (κ2) is 13.2. The van der Waals surface area contributed by atoms with Crippen molar-refractivity contribution in [3.63, 3.8) is 0 Å². The Morgan fingerprint density at radius 1 is 0.571 bits per heavy atom. The van der Waals surface area contributed by atoms with Crippen LogP contribution in [0.15, 0.2) is 0 Å². The fraction of sp³-hybridized carbons (Fsp3) is 0.917. The van der Waals surface area contributed by atoms with Crippen LogP contribution in [0.3, 0.4) is 0 Å². The summed E-state index contributed by atoms with van der Waals surface area (Å²) in [4.78, 5) is 22.7. The summed E-state index contributed by atoms with van der Waals surface area (Å²) < 4.78 is 10.8. The van der Waals surface area contributed by atoms with Gasteiger partial charge in [0.05, 0.1) is 11.8 Å². The van der Waals surface area contributed by atoms with Crippen LogP contribution in [-0.2, 0) is 19.1 Å². The third-order valence-electron chi connectivity index (χ3n) is 6.17. The van der Waals surface area contributed by atoms with Gasteiger partial charge in [-0.2, -0.15) is 0 Å². The van der Waals surface area contributed by atoms with E-state index in [0.29, 0.717) is 11.8 Å². The molecule has 4 nitrogen and oxygen atoms in total. The molecule has 0 heterocycles. The molecule has 0 saturated heterocycles. The Labute approximate surface area is 173 Å². The van der Waals surface area contributed by atoms with Gasteiger partial charge in [-0.25, -0.2) is 0 Å². The molecule has 0 bridgehead atoms. The van der Waals surface area contributed by atoms with Gasteiger partial charge < -0.3 is 9.47 Å². The highest BCUT2D eigenvalue weighted by Crippen LogP contribution is 2.29. The Bertz CT molecular complexity index is 404. The summed E-state index contributed by atoms with van der Waals surface area (Å²) >= 11 is 0. The van der Waals surface area contributed by atoms with Crippen molar-refractivity contribution < 1.29 is 19.1 Å². The van der Waals surface area contributed by atoms with E-state index < -0.39 is 0 Å². The maximum atomic E-state index is 11.4. The fourth-order valence-corrected chi connectivity index (χ4v) is 4.04. The smallest absolute Gasteiger partial charge is 0.308 e. The maximum Gasteiger partial charge on any atom is 0.308 e. The molecule has 0 aromatic rings. The number of ether oxygens (including phenoxy) is 2. The topological polar surface area (TPSA) is 52.6 Å². The molecule has 2 aliphatic rings. The van der Waals surface area contributed by atoms with E-state index in [-0.39, 0.29) is 36.0 Å². The molecule has 2 aliphatic carbocycles. The second-order valence-electron chi connectivity index (χ2n) is 9.39. The van der Waals surface area contributed by atoms with Gasteiger partial charge in [0, 0.05) is 0 Å². The zero-order valence-corrected chi connectivity index (χ0v) is 19.2. The highest BCUT2D eigenvalue weighted by atomic mass is 16.5. The van der Waals surface area contributed by atoms with Gasteiger partial charge in [-0.3, -0.25) is 9.59 Å². The van der Waals surface area contributed by atoms with E-state index >= 15 is 0 Å². The summed E-state index contributed by atoms with van der Waals surface area (Å²) in [5.74, 6) is 1.10. The number of hydrogen-bond acceptors (Lipinski definition) is 4. The van der Waals surface area contributed by atoms with E-state index in [9.17, 15) is 9.59 Å². The van der Waals surface area contributed by atoms with Crippen LogP contribution >= 0.6 is 0 Å². The molecular weight excluding hydrogens is 352 g/mol. The number of carbonyl (C=O) groups is 2. The number of esters is 2. The molecule has 164 valence electrons. The van der Waals surface area contributed by atoms with Crippen molar-refractivity contribution in [3.8, 4) is 0 Å². The molecule has 2 atom stereocenters. The van der Waals surface area contributed by atoms with Crippen LogP contribution in [0.4, 0.5) is 0 Å². The maximum absolute atomic E-state index is 11.4. The molecule has 2 fully saturated rings. The molecular formula is C24H44O4. The van der Waals surface area contributed by atoms with E-state index in [1.165, 1.54) is 64.2 Å². The van der Waals surface area contributed by atoms with Crippen molar-refractivity contribution in [2.24, 2.45) is 23.7 Å². The van der Waals surface area contributed by atoms with Crippen molar-refractivity contribution in [1.82, 2.24) is 0 Å². The van der Waals surface area contributed by atoms with Crippen LogP contribution in [0.2, 0.25) is 0 Å². The average molecular weight is 397 g/mol. The minimum atomic E-state index is -0.0527. The normalized spacial score (nSPS) is 20.9. The lowest BCUT2D eigenvalue weighted by Crippen LogP contribution is -2.27. The van der Waals surface area contributed by atoms with Gasteiger partial charge in [-0.05, 0) is 51.4 Å². The van der Waals surface area contributed by atoms with Crippen LogP contribution in [0.25, 0.3) is 0 Å². The molecule has 0 aliphatic heterocycles. The first-order valence-corrected chi connectivity index (χ1v) is 11.6. The molecule has 0 amide bonds. The minimum absolute atomic E-state index is 0.000963. The Kier molecular flexibility index (Phi) is 11.8. The lowest BCUT2D eigenvalue weighted by atomic mass is 9.86. The third-order valence-corrected chi connectivity index (χ3v) is 6.17. The van der Waals surface area contributed by atoms with E-state index in [1.54, 1.807) is 0 Å². The Morgan fingerprint density at radius 2 is 0.857 bits per heavy atom. The van der Waals surface area contributed by atoms with E-state index in [4.69, 9.17) is 9.47 Å². The molecule has 0 aromatic carbocycles. The molecule has 2 rings (SSSR count). The van der Waals surface area contributed by atoms with Crippen molar-refractivity contribution in [2.45, 2.75) is 118 Å². The minimum Gasteiger partial charge on any atom is -0.462 e. The first kappa shape index (κ1) is 25.0. The molecule has 4 heteroatoms. The van der Waals surface area contributed by atoms with Crippen LogP contribution in [-0.4, -0.2) is 24.1 Å². The van der Waals surface area contributed by atoms with Gasteiger partial charge in [-0.1, -0.05) is 66.2 Å². The van der Waals surface area contributed by atoms with Crippen LogP contribution in [0.5, 0.6) is 0 Å². The Balaban J connectivity index is 0.000000280. The molecule has 0 radical (unpaired) electrons. The lowest BCUT2D eigenvalue weighted by Gasteiger charge is -2.27. The van der Waals surface area contributed by atoms with Gasteiger partial charge in [0.25, 0.3) is 0 Å². The summed E-state index contributed by atoms with van der Waals surface area (Å²) in [7, 11) is 0.